The van der Waals surface area contributed by atoms with E-state index in [9.17, 15) is 0 Å². The summed E-state index contributed by atoms with van der Waals surface area (Å²) >= 11 is 0. The van der Waals surface area contributed by atoms with Crippen molar-refractivity contribution >= 4 is 0 Å². The van der Waals surface area contributed by atoms with Crippen LogP contribution >= 0.6 is 0 Å². The fourth-order valence-corrected chi connectivity index (χ4v) is 1.53. The van der Waals surface area contributed by atoms with Crippen LogP contribution < -0.4 is 5.32 Å². The molecular weight excluding hydrogens is 190 g/mol. The first-order valence-corrected chi connectivity index (χ1v) is 5.59. The average Bonchev–Trinajstić information content (AvgIpc) is 2.64. The zero-order valence-electron chi connectivity index (χ0n) is 9.88. The molecule has 0 saturated heterocycles. The zero-order valence-corrected chi connectivity index (χ0v) is 9.88. The van der Waals surface area contributed by atoms with Crippen molar-refractivity contribution in [2.45, 2.75) is 45.9 Å². The predicted octanol–water partition coefficient (Wildman–Crippen LogP) is 2.70. The van der Waals surface area contributed by atoms with Gasteiger partial charge >= 0.3 is 0 Å². The Hall–Kier alpha value is -0.800. The summed E-state index contributed by atoms with van der Waals surface area (Å²) in [5.41, 5.74) is 1.15. The van der Waals surface area contributed by atoms with Crippen molar-refractivity contribution in [2.75, 3.05) is 7.05 Å². The van der Waals surface area contributed by atoms with Crippen molar-refractivity contribution < 1.29 is 9.15 Å². The number of nitrogens with one attached hydrogen (secondary N) is 1. The van der Waals surface area contributed by atoms with E-state index in [1.165, 1.54) is 0 Å². The van der Waals surface area contributed by atoms with Gasteiger partial charge in [-0.3, -0.25) is 0 Å². The quantitative estimate of drug-likeness (QED) is 0.753. The molecule has 86 valence electrons. The van der Waals surface area contributed by atoms with Crippen molar-refractivity contribution in [1.82, 2.24) is 5.32 Å². The molecule has 15 heavy (non-hydrogen) atoms. The number of ether oxygens (including phenoxy) is 1. The molecule has 1 aromatic rings. The third kappa shape index (κ3) is 4.06. The summed E-state index contributed by atoms with van der Waals surface area (Å²) in [6, 6.07) is 1.98. The maximum atomic E-state index is 5.73. The van der Waals surface area contributed by atoms with Crippen LogP contribution in [0, 0.1) is 0 Å². The molecule has 1 heterocycles. The molecule has 0 saturated carbocycles. The van der Waals surface area contributed by atoms with E-state index in [-0.39, 0.29) is 0 Å². The van der Waals surface area contributed by atoms with E-state index < -0.39 is 0 Å². The highest BCUT2D eigenvalue weighted by atomic mass is 16.5. The van der Waals surface area contributed by atoms with Crippen molar-refractivity contribution in [3.8, 4) is 0 Å². The lowest BCUT2D eigenvalue weighted by atomic mass is 10.2. The van der Waals surface area contributed by atoms with Crippen LogP contribution in [-0.4, -0.2) is 13.2 Å². The minimum absolute atomic E-state index is 0.326. The second-order valence-electron chi connectivity index (χ2n) is 3.81. The van der Waals surface area contributed by atoms with Crippen LogP contribution in [0.5, 0.6) is 0 Å². The lowest BCUT2D eigenvalue weighted by Gasteiger charge is -2.11. The lowest BCUT2D eigenvalue weighted by molar-refractivity contribution is 0.0463. The Morgan fingerprint density at radius 1 is 1.53 bits per heavy atom. The summed E-state index contributed by atoms with van der Waals surface area (Å²) in [6.45, 7) is 5.69. The SMILES string of the molecule is CCCC(C)OCc1ccoc1CNC. The van der Waals surface area contributed by atoms with Crippen molar-refractivity contribution in [1.29, 1.82) is 0 Å². The number of rotatable bonds is 7. The van der Waals surface area contributed by atoms with Gasteiger partial charge in [0.15, 0.2) is 0 Å². The van der Waals surface area contributed by atoms with Crippen LogP contribution in [-0.2, 0) is 17.9 Å². The molecule has 0 aliphatic carbocycles. The van der Waals surface area contributed by atoms with Gasteiger partial charge in [0.2, 0.25) is 0 Å². The minimum Gasteiger partial charge on any atom is -0.468 e. The molecule has 0 amide bonds. The third-order valence-electron chi connectivity index (χ3n) is 2.39. The first kappa shape index (κ1) is 12.3. The van der Waals surface area contributed by atoms with Gasteiger partial charge in [-0.05, 0) is 26.5 Å². The van der Waals surface area contributed by atoms with Gasteiger partial charge in [-0.1, -0.05) is 13.3 Å². The molecule has 0 fully saturated rings. The van der Waals surface area contributed by atoms with E-state index in [2.05, 4.69) is 19.2 Å². The molecular formula is C12H21NO2. The Labute approximate surface area is 91.8 Å². The van der Waals surface area contributed by atoms with Gasteiger partial charge in [0.25, 0.3) is 0 Å². The van der Waals surface area contributed by atoms with Gasteiger partial charge in [0.05, 0.1) is 25.5 Å². The standard InChI is InChI=1S/C12H21NO2/c1-4-5-10(2)15-9-11-6-7-14-12(11)8-13-3/h6-7,10,13H,4-5,8-9H2,1-3H3. The third-order valence-corrected chi connectivity index (χ3v) is 2.39. The van der Waals surface area contributed by atoms with E-state index in [4.69, 9.17) is 9.15 Å². The maximum absolute atomic E-state index is 5.73. The molecule has 3 nitrogen and oxygen atoms in total. The van der Waals surface area contributed by atoms with Crippen LogP contribution in [0.25, 0.3) is 0 Å². The molecule has 0 aliphatic heterocycles. The summed E-state index contributed by atoms with van der Waals surface area (Å²) in [6.07, 6.45) is 4.32. The normalized spacial score (nSPS) is 13.0. The number of hydrogen-bond donors (Lipinski definition) is 1. The molecule has 1 atom stereocenters. The fourth-order valence-electron chi connectivity index (χ4n) is 1.53. The van der Waals surface area contributed by atoms with Gasteiger partial charge in [0, 0.05) is 5.56 Å². The fraction of sp³-hybridized carbons (Fsp3) is 0.667. The summed E-state index contributed by atoms with van der Waals surface area (Å²) in [5.74, 6) is 0.973. The zero-order chi connectivity index (χ0) is 11.1. The average molecular weight is 211 g/mol. The minimum atomic E-state index is 0.326. The van der Waals surface area contributed by atoms with E-state index in [1.54, 1.807) is 6.26 Å². The Morgan fingerprint density at radius 3 is 3.00 bits per heavy atom. The Kier molecular flexibility index (Phi) is 5.43. The van der Waals surface area contributed by atoms with E-state index in [0.717, 1.165) is 30.7 Å². The monoisotopic (exact) mass is 211 g/mol. The van der Waals surface area contributed by atoms with Crippen LogP contribution in [0.4, 0.5) is 0 Å². The number of hydrogen-bond acceptors (Lipinski definition) is 3. The van der Waals surface area contributed by atoms with Gasteiger partial charge in [-0.25, -0.2) is 0 Å². The maximum Gasteiger partial charge on any atom is 0.123 e. The van der Waals surface area contributed by atoms with Gasteiger partial charge in [-0.15, -0.1) is 0 Å². The molecule has 0 bridgehead atoms. The predicted molar refractivity (Wildman–Crippen MR) is 60.6 cm³/mol. The molecule has 1 rings (SSSR count). The second kappa shape index (κ2) is 6.64. The smallest absolute Gasteiger partial charge is 0.123 e. The van der Waals surface area contributed by atoms with Crippen LogP contribution in [0.1, 0.15) is 38.0 Å². The van der Waals surface area contributed by atoms with Crippen molar-refractivity contribution in [2.24, 2.45) is 0 Å². The highest BCUT2D eigenvalue weighted by Gasteiger charge is 2.07. The van der Waals surface area contributed by atoms with Crippen LogP contribution in [0.2, 0.25) is 0 Å². The molecule has 1 unspecified atom stereocenters. The van der Waals surface area contributed by atoms with Crippen molar-refractivity contribution in [3.05, 3.63) is 23.7 Å². The molecule has 3 heteroatoms. The Morgan fingerprint density at radius 2 is 2.33 bits per heavy atom. The molecule has 1 N–H and O–H groups in total. The van der Waals surface area contributed by atoms with Gasteiger partial charge in [-0.2, -0.15) is 0 Å². The van der Waals surface area contributed by atoms with Gasteiger partial charge in [0.1, 0.15) is 5.76 Å². The van der Waals surface area contributed by atoms with Crippen molar-refractivity contribution in [3.63, 3.8) is 0 Å². The summed E-state index contributed by atoms with van der Waals surface area (Å²) < 4.78 is 11.1. The Balaban J connectivity index is 2.39. The highest BCUT2D eigenvalue weighted by molar-refractivity contribution is 5.15. The Bertz CT molecular complexity index is 270. The molecule has 0 aromatic carbocycles. The van der Waals surface area contributed by atoms with Crippen LogP contribution in [0.15, 0.2) is 16.7 Å². The molecule has 0 spiro atoms. The second-order valence-corrected chi connectivity index (χ2v) is 3.81. The van der Waals surface area contributed by atoms with E-state index >= 15 is 0 Å². The molecule has 0 aliphatic rings. The van der Waals surface area contributed by atoms with Crippen LogP contribution in [0.3, 0.4) is 0 Å². The topological polar surface area (TPSA) is 34.4 Å². The van der Waals surface area contributed by atoms with E-state index in [0.29, 0.717) is 12.7 Å². The number of furan rings is 1. The summed E-state index contributed by atoms with van der Waals surface area (Å²) in [5, 5.41) is 3.07. The van der Waals surface area contributed by atoms with E-state index in [1.807, 2.05) is 13.1 Å². The highest BCUT2D eigenvalue weighted by Crippen LogP contribution is 2.13. The first-order chi connectivity index (χ1) is 7.27. The largest absolute Gasteiger partial charge is 0.468 e. The molecule has 1 aromatic heterocycles. The first-order valence-electron chi connectivity index (χ1n) is 5.59. The summed E-state index contributed by atoms with van der Waals surface area (Å²) in [7, 11) is 1.91. The van der Waals surface area contributed by atoms with Gasteiger partial charge < -0.3 is 14.5 Å². The summed E-state index contributed by atoms with van der Waals surface area (Å²) in [4.78, 5) is 0. The molecule has 0 radical (unpaired) electrons. The lowest BCUT2D eigenvalue weighted by Crippen LogP contribution is -2.10.